The van der Waals surface area contributed by atoms with Gasteiger partial charge in [0.1, 0.15) is 11.4 Å². The second kappa shape index (κ2) is 5.74. The molecule has 2 heterocycles. The number of fused-ring (bicyclic) bond motifs is 1. The first-order chi connectivity index (χ1) is 9.70. The van der Waals surface area contributed by atoms with Crippen LogP contribution in [0.4, 0.5) is 0 Å². The van der Waals surface area contributed by atoms with Gasteiger partial charge in [0.05, 0.1) is 0 Å². The van der Waals surface area contributed by atoms with E-state index in [2.05, 4.69) is 42.3 Å². The molecule has 1 aromatic rings. The number of likely N-dealkylation sites (tertiary alicyclic amines) is 1. The molecule has 0 radical (unpaired) electrons. The molecule has 3 nitrogen and oxygen atoms in total. The van der Waals surface area contributed by atoms with Crippen molar-refractivity contribution in [1.29, 1.82) is 0 Å². The van der Waals surface area contributed by atoms with E-state index >= 15 is 0 Å². The number of piperidine rings is 1. The Balaban J connectivity index is 1.75. The van der Waals surface area contributed by atoms with Gasteiger partial charge in [-0.15, -0.1) is 0 Å². The lowest BCUT2D eigenvalue weighted by Gasteiger charge is -2.40. The van der Waals surface area contributed by atoms with Crippen molar-refractivity contribution in [2.75, 3.05) is 26.2 Å². The highest BCUT2D eigenvalue weighted by molar-refractivity contribution is 5.42. The van der Waals surface area contributed by atoms with Gasteiger partial charge in [0.2, 0.25) is 0 Å². The highest BCUT2D eigenvalue weighted by Crippen LogP contribution is 2.32. The Morgan fingerprint density at radius 1 is 1.30 bits per heavy atom. The van der Waals surface area contributed by atoms with Crippen LogP contribution < -0.4 is 10.1 Å². The lowest BCUT2D eigenvalue weighted by atomic mass is 9.92. The maximum atomic E-state index is 6.48. The third-order valence-corrected chi connectivity index (χ3v) is 4.81. The monoisotopic (exact) mass is 274 g/mol. The molecule has 0 aliphatic carbocycles. The van der Waals surface area contributed by atoms with Gasteiger partial charge in [-0.05, 0) is 56.5 Å². The molecule has 1 fully saturated rings. The molecule has 2 aliphatic heterocycles. The summed E-state index contributed by atoms with van der Waals surface area (Å²) in [5.41, 5.74) is 2.83. The fourth-order valence-corrected chi connectivity index (χ4v) is 3.30. The van der Waals surface area contributed by atoms with Gasteiger partial charge in [-0.3, -0.25) is 0 Å². The maximum Gasteiger partial charge on any atom is 0.123 e. The second-order valence-corrected chi connectivity index (χ2v) is 6.31. The lowest BCUT2D eigenvalue weighted by Crippen LogP contribution is -2.46. The highest BCUT2D eigenvalue weighted by atomic mass is 16.5. The van der Waals surface area contributed by atoms with E-state index in [4.69, 9.17) is 4.74 Å². The molecule has 3 rings (SSSR count). The van der Waals surface area contributed by atoms with Gasteiger partial charge >= 0.3 is 0 Å². The van der Waals surface area contributed by atoms with Crippen molar-refractivity contribution in [3.63, 3.8) is 0 Å². The van der Waals surface area contributed by atoms with E-state index in [1.54, 1.807) is 0 Å². The van der Waals surface area contributed by atoms with E-state index in [1.807, 2.05) is 0 Å². The molecule has 1 saturated heterocycles. The Morgan fingerprint density at radius 3 is 2.85 bits per heavy atom. The standard InChI is InChI=1S/C17H26N2O/c1-3-19-11-8-17(2,9-12-19)20-16-6-4-5-14-13-18-10-7-15(14)16/h4-6,18H,3,7-13H2,1-2H3. The van der Waals surface area contributed by atoms with Crippen LogP contribution in [0.25, 0.3) is 0 Å². The van der Waals surface area contributed by atoms with Crippen LogP contribution >= 0.6 is 0 Å². The average Bonchev–Trinajstić information content (AvgIpc) is 2.48. The van der Waals surface area contributed by atoms with E-state index in [-0.39, 0.29) is 5.60 Å². The van der Waals surface area contributed by atoms with Crippen molar-refractivity contribution in [3.8, 4) is 5.75 Å². The number of hydrogen-bond acceptors (Lipinski definition) is 3. The predicted molar refractivity (Wildman–Crippen MR) is 82.2 cm³/mol. The second-order valence-electron chi connectivity index (χ2n) is 6.31. The number of ether oxygens (including phenoxy) is 1. The topological polar surface area (TPSA) is 24.5 Å². The van der Waals surface area contributed by atoms with E-state index in [0.717, 1.165) is 57.7 Å². The van der Waals surface area contributed by atoms with Crippen LogP contribution in [0.1, 0.15) is 37.8 Å². The van der Waals surface area contributed by atoms with Gasteiger partial charge in [0.15, 0.2) is 0 Å². The highest BCUT2D eigenvalue weighted by Gasteiger charge is 2.32. The van der Waals surface area contributed by atoms with Crippen molar-refractivity contribution >= 4 is 0 Å². The zero-order valence-electron chi connectivity index (χ0n) is 12.7. The Kier molecular flexibility index (Phi) is 3.99. The van der Waals surface area contributed by atoms with Crippen LogP contribution in [0.2, 0.25) is 0 Å². The van der Waals surface area contributed by atoms with Crippen LogP contribution in [0.3, 0.4) is 0 Å². The molecule has 110 valence electrons. The summed E-state index contributed by atoms with van der Waals surface area (Å²) in [5.74, 6) is 1.12. The van der Waals surface area contributed by atoms with Crippen LogP contribution in [0.15, 0.2) is 18.2 Å². The summed E-state index contributed by atoms with van der Waals surface area (Å²) in [6, 6.07) is 6.50. The number of hydrogen-bond donors (Lipinski definition) is 1. The van der Waals surface area contributed by atoms with Gasteiger partial charge < -0.3 is 15.0 Å². The summed E-state index contributed by atoms with van der Waals surface area (Å²) in [7, 11) is 0. The van der Waals surface area contributed by atoms with Gasteiger partial charge in [-0.2, -0.15) is 0 Å². The lowest BCUT2D eigenvalue weighted by molar-refractivity contribution is 0.0174. The zero-order chi connectivity index (χ0) is 14.0. The number of nitrogens with zero attached hydrogens (tertiary/aromatic N) is 1. The number of nitrogens with one attached hydrogen (secondary N) is 1. The van der Waals surface area contributed by atoms with Crippen molar-refractivity contribution in [2.24, 2.45) is 0 Å². The quantitative estimate of drug-likeness (QED) is 0.917. The normalized spacial score (nSPS) is 22.3. The molecule has 0 aromatic heterocycles. The average molecular weight is 274 g/mol. The molecular formula is C17H26N2O. The Hall–Kier alpha value is -1.06. The van der Waals surface area contributed by atoms with Gasteiger partial charge in [0, 0.05) is 19.6 Å². The van der Waals surface area contributed by atoms with E-state index in [1.165, 1.54) is 11.1 Å². The minimum absolute atomic E-state index is 0.00562. The van der Waals surface area contributed by atoms with E-state index < -0.39 is 0 Å². The van der Waals surface area contributed by atoms with E-state index in [9.17, 15) is 0 Å². The largest absolute Gasteiger partial charge is 0.487 e. The Morgan fingerprint density at radius 2 is 2.10 bits per heavy atom. The molecule has 0 atom stereocenters. The molecule has 1 N–H and O–H groups in total. The third-order valence-electron chi connectivity index (χ3n) is 4.81. The molecule has 1 aromatic carbocycles. The third kappa shape index (κ3) is 2.84. The van der Waals surface area contributed by atoms with Gasteiger partial charge in [-0.25, -0.2) is 0 Å². The Labute approximate surface area is 122 Å². The summed E-state index contributed by atoms with van der Waals surface area (Å²) < 4.78 is 6.48. The zero-order valence-corrected chi connectivity index (χ0v) is 12.7. The van der Waals surface area contributed by atoms with Crippen LogP contribution in [0, 0.1) is 0 Å². The van der Waals surface area contributed by atoms with Crippen molar-refractivity contribution in [3.05, 3.63) is 29.3 Å². The summed E-state index contributed by atoms with van der Waals surface area (Å²) >= 11 is 0. The van der Waals surface area contributed by atoms with Crippen LogP contribution in [0.5, 0.6) is 5.75 Å². The van der Waals surface area contributed by atoms with Gasteiger partial charge in [0.25, 0.3) is 0 Å². The predicted octanol–water partition coefficient (Wildman–Crippen LogP) is 2.59. The SMILES string of the molecule is CCN1CCC(C)(Oc2cccc3c2CCNC3)CC1. The smallest absolute Gasteiger partial charge is 0.123 e. The maximum absolute atomic E-state index is 6.48. The van der Waals surface area contributed by atoms with Crippen LogP contribution in [-0.2, 0) is 13.0 Å². The first-order valence-electron chi connectivity index (χ1n) is 7.93. The first-order valence-corrected chi connectivity index (χ1v) is 7.93. The first kappa shape index (κ1) is 13.9. The molecule has 0 amide bonds. The Bertz CT molecular complexity index is 464. The summed E-state index contributed by atoms with van der Waals surface area (Å²) in [4.78, 5) is 2.51. The molecule has 0 unspecified atom stereocenters. The molecule has 20 heavy (non-hydrogen) atoms. The van der Waals surface area contributed by atoms with Gasteiger partial charge in [-0.1, -0.05) is 19.1 Å². The summed E-state index contributed by atoms with van der Waals surface area (Å²) in [6.07, 6.45) is 3.34. The minimum atomic E-state index is 0.00562. The van der Waals surface area contributed by atoms with Crippen molar-refractivity contribution in [2.45, 2.75) is 45.3 Å². The van der Waals surface area contributed by atoms with E-state index in [0.29, 0.717) is 0 Å². The molecule has 0 saturated carbocycles. The van der Waals surface area contributed by atoms with Crippen molar-refractivity contribution in [1.82, 2.24) is 10.2 Å². The fourth-order valence-electron chi connectivity index (χ4n) is 3.30. The molecule has 2 aliphatic rings. The fraction of sp³-hybridized carbons (Fsp3) is 0.647. The molecule has 3 heteroatoms. The minimum Gasteiger partial charge on any atom is -0.487 e. The molecule has 0 bridgehead atoms. The molecular weight excluding hydrogens is 248 g/mol. The van der Waals surface area contributed by atoms with Crippen LogP contribution in [-0.4, -0.2) is 36.7 Å². The van der Waals surface area contributed by atoms with Crippen molar-refractivity contribution < 1.29 is 4.74 Å². The number of rotatable bonds is 3. The molecule has 0 spiro atoms. The number of benzene rings is 1. The summed E-state index contributed by atoms with van der Waals surface area (Å²) in [6.45, 7) is 10.0. The summed E-state index contributed by atoms with van der Waals surface area (Å²) in [5, 5.41) is 3.43.